The molecule has 0 aliphatic carbocycles. The average Bonchev–Trinajstić information content (AvgIpc) is 2.38. The summed E-state index contributed by atoms with van der Waals surface area (Å²) in [5.41, 5.74) is 2.81. The van der Waals surface area contributed by atoms with Crippen LogP contribution in [0.4, 0.5) is 0 Å². The van der Waals surface area contributed by atoms with Crippen LogP contribution in [0.5, 0.6) is 0 Å². The number of likely N-dealkylation sites (N-methyl/N-ethyl adjacent to an activating group) is 1. The van der Waals surface area contributed by atoms with Crippen LogP contribution in [-0.2, 0) is 17.7 Å². The maximum atomic E-state index is 5.56. The second-order valence-corrected chi connectivity index (χ2v) is 5.09. The van der Waals surface area contributed by atoms with Crippen molar-refractivity contribution in [3.63, 3.8) is 0 Å². The monoisotopic (exact) mass is 248 g/mol. The first-order valence-corrected chi connectivity index (χ1v) is 6.84. The zero-order valence-electron chi connectivity index (χ0n) is 11.5. The molecule has 1 N–H and O–H groups in total. The minimum Gasteiger partial charge on any atom is -0.376 e. The third-order valence-electron chi connectivity index (χ3n) is 3.42. The second-order valence-electron chi connectivity index (χ2n) is 5.09. The van der Waals surface area contributed by atoms with Crippen molar-refractivity contribution >= 4 is 0 Å². The van der Waals surface area contributed by atoms with Gasteiger partial charge in [-0.1, -0.05) is 24.3 Å². The molecular weight excluding hydrogens is 224 g/mol. The lowest BCUT2D eigenvalue weighted by Crippen LogP contribution is -2.40. The molecule has 1 unspecified atom stereocenters. The second kappa shape index (κ2) is 6.88. The van der Waals surface area contributed by atoms with E-state index in [2.05, 4.69) is 41.4 Å². The quantitative estimate of drug-likeness (QED) is 0.858. The summed E-state index contributed by atoms with van der Waals surface area (Å²) in [5, 5.41) is 3.18. The molecule has 1 saturated heterocycles. The number of hydrogen-bond donors (Lipinski definition) is 1. The van der Waals surface area contributed by atoms with Crippen molar-refractivity contribution in [3.05, 3.63) is 35.4 Å². The van der Waals surface area contributed by atoms with Crippen molar-refractivity contribution in [1.29, 1.82) is 0 Å². The van der Waals surface area contributed by atoms with E-state index in [9.17, 15) is 0 Å². The van der Waals surface area contributed by atoms with Gasteiger partial charge < -0.3 is 10.1 Å². The fourth-order valence-corrected chi connectivity index (χ4v) is 2.37. The minimum absolute atomic E-state index is 0.369. The van der Waals surface area contributed by atoms with Gasteiger partial charge in [-0.25, -0.2) is 0 Å². The van der Waals surface area contributed by atoms with Gasteiger partial charge in [0.1, 0.15) is 0 Å². The molecule has 1 fully saturated rings. The molecule has 2 rings (SSSR count). The summed E-state index contributed by atoms with van der Waals surface area (Å²) < 4.78 is 5.56. The topological polar surface area (TPSA) is 24.5 Å². The molecule has 1 aliphatic heterocycles. The van der Waals surface area contributed by atoms with Crippen LogP contribution in [0.15, 0.2) is 24.3 Å². The molecule has 3 nitrogen and oxygen atoms in total. The Morgan fingerprint density at radius 3 is 2.67 bits per heavy atom. The third-order valence-corrected chi connectivity index (χ3v) is 3.42. The van der Waals surface area contributed by atoms with Crippen LogP contribution < -0.4 is 5.32 Å². The highest BCUT2D eigenvalue weighted by atomic mass is 16.5. The first-order valence-electron chi connectivity index (χ1n) is 6.84. The molecular formula is C15H24N2O. The highest BCUT2D eigenvalue weighted by Gasteiger charge is 2.16. The number of nitrogens with zero attached hydrogens (tertiary/aromatic N) is 1. The number of rotatable bonds is 5. The predicted molar refractivity (Wildman–Crippen MR) is 74.8 cm³/mol. The van der Waals surface area contributed by atoms with E-state index in [4.69, 9.17) is 4.74 Å². The van der Waals surface area contributed by atoms with Crippen molar-refractivity contribution in [2.24, 2.45) is 0 Å². The van der Waals surface area contributed by atoms with Gasteiger partial charge in [0.25, 0.3) is 0 Å². The molecule has 0 amide bonds. The summed E-state index contributed by atoms with van der Waals surface area (Å²) in [6.45, 7) is 7.18. The highest BCUT2D eigenvalue weighted by Crippen LogP contribution is 2.11. The van der Waals surface area contributed by atoms with E-state index in [-0.39, 0.29) is 0 Å². The van der Waals surface area contributed by atoms with Gasteiger partial charge in [0.05, 0.1) is 12.7 Å². The first kappa shape index (κ1) is 13.5. The molecule has 1 aromatic carbocycles. The Balaban J connectivity index is 1.85. The molecule has 3 heteroatoms. The maximum absolute atomic E-state index is 5.56. The third kappa shape index (κ3) is 4.09. The smallest absolute Gasteiger partial charge is 0.0674 e. The van der Waals surface area contributed by atoms with Gasteiger partial charge in [0, 0.05) is 19.6 Å². The Bertz CT molecular complexity index is 350. The van der Waals surface area contributed by atoms with Gasteiger partial charge in [0.15, 0.2) is 0 Å². The largest absolute Gasteiger partial charge is 0.376 e. The van der Waals surface area contributed by atoms with Crippen molar-refractivity contribution in [2.75, 3.05) is 33.3 Å². The molecule has 1 aliphatic rings. The number of ether oxygens (including phenoxy) is 1. The molecule has 0 spiro atoms. The molecule has 1 aromatic rings. The van der Waals surface area contributed by atoms with Crippen LogP contribution in [0.25, 0.3) is 0 Å². The Kier molecular flexibility index (Phi) is 5.17. The summed E-state index contributed by atoms with van der Waals surface area (Å²) in [6.07, 6.45) is 1.47. The standard InChI is InChI=1S/C15H24N2O/c1-13-11-17(9-10-18-13)12-15-5-3-14(4-6-15)7-8-16-2/h3-6,13,16H,7-12H2,1-2H3. The Morgan fingerprint density at radius 2 is 2.00 bits per heavy atom. The lowest BCUT2D eigenvalue weighted by molar-refractivity contribution is -0.0212. The summed E-state index contributed by atoms with van der Waals surface area (Å²) in [5.74, 6) is 0. The molecule has 0 radical (unpaired) electrons. The fourth-order valence-electron chi connectivity index (χ4n) is 2.37. The molecule has 0 saturated carbocycles. The van der Waals surface area contributed by atoms with E-state index in [1.807, 2.05) is 7.05 Å². The molecule has 100 valence electrons. The predicted octanol–water partition coefficient (Wildman–Crippen LogP) is 1.67. The van der Waals surface area contributed by atoms with E-state index in [1.165, 1.54) is 11.1 Å². The van der Waals surface area contributed by atoms with Crippen LogP contribution in [-0.4, -0.2) is 44.3 Å². The number of benzene rings is 1. The normalized spacial score (nSPS) is 21.1. The van der Waals surface area contributed by atoms with Crippen LogP contribution in [0, 0.1) is 0 Å². The van der Waals surface area contributed by atoms with Gasteiger partial charge in [-0.2, -0.15) is 0 Å². The molecule has 18 heavy (non-hydrogen) atoms. The summed E-state index contributed by atoms with van der Waals surface area (Å²) in [7, 11) is 1.99. The first-order chi connectivity index (χ1) is 8.78. The van der Waals surface area contributed by atoms with Crippen molar-refractivity contribution in [2.45, 2.75) is 26.0 Å². The highest BCUT2D eigenvalue weighted by molar-refractivity contribution is 5.22. The van der Waals surface area contributed by atoms with Gasteiger partial charge in [-0.05, 0) is 38.1 Å². The van der Waals surface area contributed by atoms with Crippen LogP contribution in [0.2, 0.25) is 0 Å². The van der Waals surface area contributed by atoms with E-state index < -0.39 is 0 Å². The Hall–Kier alpha value is -0.900. The van der Waals surface area contributed by atoms with E-state index >= 15 is 0 Å². The lowest BCUT2D eigenvalue weighted by Gasteiger charge is -2.31. The van der Waals surface area contributed by atoms with Crippen LogP contribution >= 0.6 is 0 Å². The summed E-state index contributed by atoms with van der Waals surface area (Å²) in [6, 6.07) is 9.00. The Labute approximate surface area is 110 Å². The minimum atomic E-state index is 0.369. The van der Waals surface area contributed by atoms with Gasteiger partial charge in [-0.3, -0.25) is 4.90 Å². The maximum Gasteiger partial charge on any atom is 0.0674 e. The summed E-state index contributed by atoms with van der Waals surface area (Å²) in [4.78, 5) is 2.47. The van der Waals surface area contributed by atoms with Crippen LogP contribution in [0.3, 0.4) is 0 Å². The SMILES string of the molecule is CNCCc1ccc(CN2CCOC(C)C2)cc1. The van der Waals surface area contributed by atoms with Crippen LogP contribution in [0.1, 0.15) is 18.1 Å². The summed E-state index contributed by atoms with van der Waals surface area (Å²) >= 11 is 0. The molecule has 0 bridgehead atoms. The zero-order chi connectivity index (χ0) is 12.8. The molecule has 1 atom stereocenters. The van der Waals surface area contributed by atoms with Gasteiger partial charge >= 0.3 is 0 Å². The van der Waals surface area contributed by atoms with Crippen molar-refractivity contribution < 1.29 is 4.74 Å². The lowest BCUT2D eigenvalue weighted by atomic mass is 10.1. The fraction of sp³-hybridized carbons (Fsp3) is 0.600. The van der Waals surface area contributed by atoms with Crippen molar-refractivity contribution in [1.82, 2.24) is 10.2 Å². The van der Waals surface area contributed by atoms with Gasteiger partial charge in [-0.15, -0.1) is 0 Å². The molecule has 1 heterocycles. The zero-order valence-corrected chi connectivity index (χ0v) is 11.5. The van der Waals surface area contributed by atoms with E-state index in [1.54, 1.807) is 0 Å². The average molecular weight is 248 g/mol. The number of nitrogens with one attached hydrogen (secondary N) is 1. The van der Waals surface area contributed by atoms with E-state index in [0.717, 1.165) is 39.2 Å². The molecule has 0 aromatic heterocycles. The van der Waals surface area contributed by atoms with Crippen molar-refractivity contribution in [3.8, 4) is 0 Å². The number of hydrogen-bond acceptors (Lipinski definition) is 3. The Morgan fingerprint density at radius 1 is 1.28 bits per heavy atom. The van der Waals surface area contributed by atoms with Gasteiger partial charge in [0.2, 0.25) is 0 Å². The number of morpholine rings is 1. The van der Waals surface area contributed by atoms with E-state index in [0.29, 0.717) is 6.10 Å².